The number of quaternary nitrogens is 1. The van der Waals surface area contributed by atoms with Gasteiger partial charge in [-0.1, -0.05) is 159 Å². The summed E-state index contributed by atoms with van der Waals surface area (Å²) >= 11 is 0. The van der Waals surface area contributed by atoms with Crippen LogP contribution in [-0.2, 0) is 18.4 Å². The van der Waals surface area contributed by atoms with Crippen LogP contribution in [0.4, 0.5) is 0 Å². The van der Waals surface area contributed by atoms with Crippen LogP contribution in [0.5, 0.6) is 0 Å². The molecule has 0 aliphatic heterocycles. The van der Waals surface area contributed by atoms with Gasteiger partial charge in [0.25, 0.3) is 0 Å². The first-order valence-corrected chi connectivity index (χ1v) is 22.5. The van der Waals surface area contributed by atoms with Gasteiger partial charge >= 0.3 is 7.82 Å². The molecule has 0 saturated heterocycles. The molecular formula is C43H82N2O6P+. The first kappa shape index (κ1) is 50.5. The molecule has 0 aromatic heterocycles. The molecule has 0 radical (unpaired) electrons. The highest BCUT2D eigenvalue weighted by molar-refractivity contribution is 7.47. The second-order valence-electron chi connectivity index (χ2n) is 15.3. The zero-order chi connectivity index (χ0) is 38.6. The average molecular weight is 754 g/mol. The summed E-state index contributed by atoms with van der Waals surface area (Å²) in [5, 5.41) is 13.7. The van der Waals surface area contributed by atoms with E-state index in [0.717, 1.165) is 77.0 Å². The maximum Gasteiger partial charge on any atom is 0.472 e. The predicted octanol–water partition coefficient (Wildman–Crippen LogP) is 11.3. The number of aliphatic hydroxyl groups excluding tert-OH is 1. The highest BCUT2D eigenvalue weighted by Gasteiger charge is 2.28. The number of hydrogen-bond acceptors (Lipinski definition) is 5. The van der Waals surface area contributed by atoms with E-state index in [1.807, 2.05) is 21.1 Å². The summed E-state index contributed by atoms with van der Waals surface area (Å²) in [5.74, 6) is -0.157. The highest BCUT2D eigenvalue weighted by atomic mass is 31.2. The van der Waals surface area contributed by atoms with Crippen molar-refractivity contribution in [2.75, 3.05) is 40.9 Å². The Hall–Kier alpha value is -1.54. The fraction of sp³-hybridized carbons (Fsp3) is 0.791. The van der Waals surface area contributed by atoms with E-state index in [4.69, 9.17) is 9.05 Å². The lowest BCUT2D eigenvalue weighted by molar-refractivity contribution is -0.870. The van der Waals surface area contributed by atoms with E-state index in [0.29, 0.717) is 23.9 Å². The van der Waals surface area contributed by atoms with E-state index in [1.165, 1.54) is 64.2 Å². The third kappa shape index (κ3) is 36.8. The molecule has 0 aliphatic carbocycles. The summed E-state index contributed by atoms with van der Waals surface area (Å²) in [7, 11) is 1.60. The van der Waals surface area contributed by atoms with Crippen molar-refractivity contribution < 1.29 is 32.9 Å². The second kappa shape index (κ2) is 35.2. The summed E-state index contributed by atoms with van der Waals surface area (Å²) in [6.45, 7) is 4.67. The molecule has 0 spiro atoms. The third-order valence-corrected chi connectivity index (χ3v) is 10.1. The van der Waals surface area contributed by atoms with Crippen molar-refractivity contribution in [3.63, 3.8) is 0 Å². The van der Waals surface area contributed by atoms with Gasteiger partial charge in [-0.15, -0.1) is 0 Å². The summed E-state index contributed by atoms with van der Waals surface area (Å²) in [5.41, 5.74) is 0. The van der Waals surface area contributed by atoms with E-state index in [2.05, 4.69) is 67.8 Å². The Bertz CT molecular complexity index is 991. The summed E-state index contributed by atoms with van der Waals surface area (Å²) in [6, 6.07) is -0.758. The standard InChI is InChI=1S/C43H81N2O6P/c1-6-8-10-12-13-14-15-16-17-18-19-20-21-22-23-24-25-26-27-28-29-30-31-33-35-37-43(47)44-41(42(46)36-34-32-11-9-7-2)40-51-52(48,49)50-39-38-45(3,4)5/h8,10,13-14,16-17,19-20,41-42,46H,6-7,9,11-12,15,18,21-40H2,1-5H3,(H-,44,47,48,49)/p+1/b10-8-,14-13-,17-16-,20-19-. The van der Waals surface area contributed by atoms with Crippen molar-refractivity contribution in [2.24, 2.45) is 0 Å². The van der Waals surface area contributed by atoms with E-state index >= 15 is 0 Å². The molecule has 0 aliphatic rings. The van der Waals surface area contributed by atoms with Gasteiger partial charge in [0.2, 0.25) is 5.91 Å². The smallest absolute Gasteiger partial charge is 0.391 e. The summed E-state index contributed by atoms with van der Waals surface area (Å²) in [4.78, 5) is 22.9. The van der Waals surface area contributed by atoms with Gasteiger partial charge in [0.15, 0.2) is 0 Å². The molecule has 0 fully saturated rings. The number of aliphatic hydroxyl groups is 1. The Balaban J connectivity index is 4.03. The predicted molar refractivity (Wildman–Crippen MR) is 221 cm³/mol. The van der Waals surface area contributed by atoms with Crippen LogP contribution in [0.2, 0.25) is 0 Å². The Labute approximate surface area is 320 Å². The largest absolute Gasteiger partial charge is 0.472 e. The topological polar surface area (TPSA) is 105 Å². The Morgan fingerprint density at radius 3 is 1.69 bits per heavy atom. The van der Waals surface area contributed by atoms with Crippen LogP contribution in [0, 0.1) is 0 Å². The van der Waals surface area contributed by atoms with Gasteiger partial charge in [-0.2, -0.15) is 0 Å². The van der Waals surface area contributed by atoms with Crippen LogP contribution in [0.3, 0.4) is 0 Å². The fourth-order valence-corrected chi connectivity index (χ4v) is 6.48. The molecule has 3 N–H and O–H groups in total. The summed E-state index contributed by atoms with van der Waals surface area (Å²) in [6.07, 6.45) is 43.3. The number of carbonyl (C=O) groups is 1. The number of unbranched alkanes of at least 4 members (excludes halogenated alkanes) is 16. The number of phosphoric ester groups is 1. The lowest BCUT2D eigenvalue weighted by Crippen LogP contribution is -2.46. The van der Waals surface area contributed by atoms with Gasteiger partial charge in [0.1, 0.15) is 13.2 Å². The van der Waals surface area contributed by atoms with E-state index in [-0.39, 0.29) is 19.1 Å². The number of phosphoric acid groups is 1. The van der Waals surface area contributed by atoms with Crippen LogP contribution < -0.4 is 5.32 Å². The van der Waals surface area contributed by atoms with E-state index in [1.54, 1.807) is 0 Å². The number of allylic oxidation sites excluding steroid dienone is 8. The number of hydrogen-bond donors (Lipinski definition) is 3. The number of amides is 1. The number of nitrogens with zero attached hydrogens (tertiary/aromatic N) is 1. The van der Waals surface area contributed by atoms with Gasteiger partial charge in [0, 0.05) is 6.42 Å². The number of nitrogens with one attached hydrogen (secondary N) is 1. The van der Waals surface area contributed by atoms with Gasteiger partial charge in [0.05, 0.1) is 39.9 Å². The number of rotatable bonds is 37. The molecule has 0 rings (SSSR count). The quantitative estimate of drug-likeness (QED) is 0.0252. The minimum atomic E-state index is -4.30. The molecule has 1 amide bonds. The second-order valence-corrected chi connectivity index (χ2v) is 16.8. The van der Waals surface area contributed by atoms with Crippen molar-refractivity contribution >= 4 is 13.7 Å². The van der Waals surface area contributed by atoms with Crippen LogP contribution >= 0.6 is 7.82 Å². The molecule has 0 aromatic carbocycles. The molecule has 3 atom stereocenters. The first-order valence-electron chi connectivity index (χ1n) is 21.0. The van der Waals surface area contributed by atoms with Gasteiger partial charge < -0.3 is 19.8 Å². The molecule has 9 heteroatoms. The summed E-state index contributed by atoms with van der Waals surface area (Å²) < 4.78 is 23.4. The van der Waals surface area contributed by atoms with E-state index in [9.17, 15) is 19.4 Å². The van der Waals surface area contributed by atoms with Crippen molar-refractivity contribution in [1.82, 2.24) is 5.32 Å². The van der Waals surface area contributed by atoms with Crippen LogP contribution in [-0.4, -0.2) is 73.4 Å². The first-order chi connectivity index (χ1) is 25.0. The van der Waals surface area contributed by atoms with E-state index < -0.39 is 20.0 Å². The maximum absolute atomic E-state index is 12.8. The fourth-order valence-electron chi connectivity index (χ4n) is 5.74. The normalized spacial score (nSPS) is 15.0. The van der Waals surface area contributed by atoms with Gasteiger partial charge in [-0.3, -0.25) is 13.8 Å². The molecule has 8 nitrogen and oxygen atoms in total. The molecular weight excluding hydrogens is 671 g/mol. The minimum Gasteiger partial charge on any atom is -0.391 e. The highest BCUT2D eigenvalue weighted by Crippen LogP contribution is 2.43. The SMILES string of the molecule is CC/C=C\C/C=C\C/C=C\C/C=C\CCCCCCCCCCCCCCC(=O)NC(COP(=O)(O)OCC[N+](C)(C)C)C(O)CCCCCCC. The van der Waals surface area contributed by atoms with Crippen LogP contribution in [0.1, 0.15) is 168 Å². The lowest BCUT2D eigenvalue weighted by atomic mass is 10.0. The molecule has 3 unspecified atom stereocenters. The van der Waals surface area contributed by atoms with Crippen molar-refractivity contribution in [1.29, 1.82) is 0 Å². The van der Waals surface area contributed by atoms with Gasteiger partial charge in [-0.25, -0.2) is 4.57 Å². The maximum atomic E-state index is 12.8. The van der Waals surface area contributed by atoms with Crippen LogP contribution in [0.25, 0.3) is 0 Å². The average Bonchev–Trinajstić information content (AvgIpc) is 3.09. The molecule has 52 heavy (non-hydrogen) atoms. The van der Waals surface area contributed by atoms with Crippen molar-refractivity contribution in [2.45, 2.75) is 180 Å². The molecule has 0 saturated carbocycles. The molecule has 0 bridgehead atoms. The Morgan fingerprint density at radius 2 is 1.15 bits per heavy atom. The zero-order valence-electron chi connectivity index (χ0n) is 34.3. The van der Waals surface area contributed by atoms with Crippen LogP contribution in [0.15, 0.2) is 48.6 Å². The molecule has 0 aromatic rings. The Kier molecular flexibility index (Phi) is 34.1. The zero-order valence-corrected chi connectivity index (χ0v) is 35.2. The van der Waals surface area contributed by atoms with Gasteiger partial charge in [-0.05, 0) is 51.4 Å². The minimum absolute atomic E-state index is 0.0719. The lowest BCUT2D eigenvalue weighted by Gasteiger charge is -2.26. The number of carbonyl (C=O) groups excluding carboxylic acids is 1. The molecule has 0 heterocycles. The Morgan fingerprint density at radius 1 is 0.673 bits per heavy atom. The monoisotopic (exact) mass is 754 g/mol. The third-order valence-electron chi connectivity index (χ3n) is 9.09. The van der Waals surface area contributed by atoms with Crippen molar-refractivity contribution in [3.8, 4) is 0 Å². The van der Waals surface area contributed by atoms with Crippen molar-refractivity contribution in [3.05, 3.63) is 48.6 Å². The molecule has 304 valence electrons. The number of likely N-dealkylation sites (N-methyl/N-ethyl adjacent to an activating group) is 1.